The number of anilines is 2. The topological polar surface area (TPSA) is 81.7 Å². The first-order valence-corrected chi connectivity index (χ1v) is 8.88. The number of nitrogens with two attached hydrogens (primary N) is 1. The summed E-state index contributed by atoms with van der Waals surface area (Å²) in [5.74, 6) is 4.50. The second-order valence-electron chi connectivity index (χ2n) is 5.10. The minimum atomic E-state index is -4.63. The number of benzene rings is 1. The summed E-state index contributed by atoms with van der Waals surface area (Å²) in [7, 11) is 0. The number of nitrogens with one attached hydrogen (secondary N) is 1. The molecule has 0 saturated carbocycles. The number of alkyl halides is 3. The molecule has 132 valence electrons. The number of halogens is 3. The first kappa shape index (κ1) is 17.5. The van der Waals surface area contributed by atoms with Gasteiger partial charge in [0.15, 0.2) is 5.13 Å². The van der Waals surface area contributed by atoms with Crippen LogP contribution in [0.3, 0.4) is 0 Å². The molecule has 25 heavy (non-hydrogen) atoms. The maximum Gasteiger partial charge on any atom is 0.453 e. The summed E-state index contributed by atoms with van der Waals surface area (Å²) in [4.78, 5) is 4.39. The van der Waals surface area contributed by atoms with E-state index in [1.165, 1.54) is 11.3 Å². The molecule has 1 aromatic carbocycles. The number of thiazole rings is 1. The summed E-state index contributed by atoms with van der Waals surface area (Å²) >= 11 is 2.45. The van der Waals surface area contributed by atoms with Gasteiger partial charge < -0.3 is 11.2 Å². The van der Waals surface area contributed by atoms with Crippen molar-refractivity contribution in [2.45, 2.75) is 24.0 Å². The Hall–Kier alpha value is -2.27. The summed E-state index contributed by atoms with van der Waals surface area (Å²) < 4.78 is 38.3. The molecule has 0 bridgehead atoms. The zero-order chi connectivity index (χ0) is 18.0. The summed E-state index contributed by atoms with van der Waals surface area (Å²) in [5.41, 5.74) is 2.78. The van der Waals surface area contributed by atoms with Crippen LogP contribution < -0.4 is 11.2 Å². The average molecular weight is 386 g/mol. The first-order chi connectivity index (χ1) is 11.8. The van der Waals surface area contributed by atoms with Gasteiger partial charge in [-0.2, -0.15) is 13.2 Å². The van der Waals surface area contributed by atoms with Gasteiger partial charge in [-0.1, -0.05) is 29.5 Å². The van der Waals surface area contributed by atoms with Crippen molar-refractivity contribution in [2.24, 2.45) is 0 Å². The molecule has 0 aliphatic heterocycles. The van der Waals surface area contributed by atoms with Crippen molar-refractivity contribution in [3.8, 4) is 0 Å². The Bertz CT molecular complexity index is 856. The van der Waals surface area contributed by atoms with E-state index in [1.54, 1.807) is 0 Å². The van der Waals surface area contributed by atoms with Crippen molar-refractivity contribution in [1.82, 2.24) is 19.9 Å². The van der Waals surface area contributed by atoms with Gasteiger partial charge in [0.05, 0.1) is 5.69 Å². The Morgan fingerprint density at radius 2 is 1.96 bits per heavy atom. The van der Waals surface area contributed by atoms with Crippen molar-refractivity contribution in [2.75, 3.05) is 11.2 Å². The normalized spacial score (nSPS) is 11.7. The van der Waals surface area contributed by atoms with Crippen LogP contribution >= 0.6 is 23.1 Å². The molecule has 3 rings (SSSR count). The zero-order valence-electron chi connectivity index (χ0n) is 12.9. The molecule has 6 nitrogen and oxygen atoms in total. The van der Waals surface area contributed by atoms with Crippen LogP contribution in [0.5, 0.6) is 0 Å². The minimum absolute atomic E-state index is 0.0200. The van der Waals surface area contributed by atoms with Crippen molar-refractivity contribution in [1.29, 1.82) is 0 Å². The fraction of sp³-hybridized carbons (Fsp3) is 0.214. The molecule has 0 aliphatic carbocycles. The number of hydrogen-bond donors (Lipinski definition) is 2. The molecule has 0 fully saturated rings. The smallest absolute Gasteiger partial charge is 0.335 e. The molecule has 0 atom stereocenters. The number of nitrogen functional groups attached to an aromatic ring is 1. The number of nitrogens with zero attached hydrogens (tertiary/aromatic N) is 4. The van der Waals surface area contributed by atoms with Gasteiger partial charge in [0.25, 0.3) is 5.82 Å². The summed E-state index contributed by atoms with van der Waals surface area (Å²) in [6, 6.07) is 7.86. The first-order valence-electron chi connectivity index (χ1n) is 7.01. The lowest BCUT2D eigenvalue weighted by molar-refractivity contribution is -0.146. The molecular weight excluding hydrogens is 373 g/mol. The van der Waals surface area contributed by atoms with Gasteiger partial charge in [-0.3, -0.25) is 0 Å². The number of aromatic nitrogens is 4. The Kier molecular flexibility index (Phi) is 4.86. The van der Waals surface area contributed by atoms with Crippen molar-refractivity contribution >= 4 is 33.9 Å². The highest BCUT2D eigenvalue weighted by Crippen LogP contribution is 2.30. The monoisotopic (exact) mass is 386 g/mol. The predicted molar refractivity (Wildman–Crippen MR) is 91.3 cm³/mol. The van der Waals surface area contributed by atoms with E-state index in [0.29, 0.717) is 21.3 Å². The lowest BCUT2D eigenvalue weighted by atomic mass is 10.2. The van der Waals surface area contributed by atoms with E-state index in [4.69, 9.17) is 5.84 Å². The van der Waals surface area contributed by atoms with E-state index in [0.717, 1.165) is 23.0 Å². The van der Waals surface area contributed by atoms with Crippen LogP contribution in [0, 0.1) is 6.92 Å². The van der Waals surface area contributed by atoms with Gasteiger partial charge in [0.1, 0.15) is 0 Å². The molecule has 2 aromatic heterocycles. The van der Waals surface area contributed by atoms with Crippen LogP contribution in [0.1, 0.15) is 17.1 Å². The fourth-order valence-electron chi connectivity index (χ4n) is 1.90. The van der Waals surface area contributed by atoms with E-state index in [-0.39, 0.29) is 5.16 Å². The Labute approximate surface area is 149 Å². The van der Waals surface area contributed by atoms with Crippen molar-refractivity contribution in [3.63, 3.8) is 0 Å². The molecule has 2 heterocycles. The Morgan fingerprint density at radius 1 is 1.24 bits per heavy atom. The van der Waals surface area contributed by atoms with E-state index < -0.39 is 12.0 Å². The van der Waals surface area contributed by atoms with Gasteiger partial charge in [0.2, 0.25) is 5.16 Å². The molecule has 0 aliphatic rings. The SMILES string of the molecule is Cc1ccc(Nc2nc(CSc3nnc(C(F)(F)F)n3N)cs2)cc1. The molecule has 0 saturated heterocycles. The number of hydrogen-bond acceptors (Lipinski definition) is 7. The standard InChI is InChI=1S/C14H13F3N6S2/c1-8-2-4-9(5-3-8)19-12-20-10(6-24-12)7-25-13-22-21-11(23(13)18)14(15,16)17/h2-6H,7,18H2,1H3,(H,19,20). The molecule has 0 unspecified atom stereocenters. The van der Waals surface area contributed by atoms with Crippen LogP contribution in [0.25, 0.3) is 0 Å². The van der Waals surface area contributed by atoms with Gasteiger partial charge >= 0.3 is 6.18 Å². The summed E-state index contributed by atoms with van der Waals surface area (Å²) in [5, 5.41) is 12.2. The third-order valence-corrected chi connectivity index (χ3v) is 4.91. The van der Waals surface area contributed by atoms with Crippen LogP contribution in [0.15, 0.2) is 34.8 Å². The Morgan fingerprint density at radius 3 is 2.60 bits per heavy atom. The van der Waals surface area contributed by atoms with Crippen LogP contribution in [0.2, 0.25) is 0 Å². The molecule has 3 aromatic rings. The van der Waals surface area contributed by atoms with Crippen LogP contribution in [-0.2, 0) is 11.9 Å². The largest absolute Gasteiger partial charge is 0.453 e. The molecule has 11 heteroatoms. The fourth-order valence-corrected chi connectivity index (χ4v) is 3.48. The highest BCUT2D eigenvalue weighted by atomic mass is 32.2. The summed E-state index contributed by atoms with van der Waals surface area (Å²) in [6.45, 7) is 2.00. The molecular formula is C14H13F3N6S2. The number of aryl methyl sites for hydroxylation is 1. The number of rotatable bonds is 5. The van der Waals surface area contributed by atoms with E-state index in [2.05, 4.69) is 20.5 Å². The maximum atomic E-state index is 12.6. The molecule has 0 amide bonds. The van der Waals surface area contributed by atoms with E-state index in [1.807, 2.05) is 36.6 Å². The number of thioether (sulfide) groups is 1. The lowest BCUT2D eigenvalue weighted by Crippen LogP contribution is -2.21. The minimum Gasteiger partial charge on any atom is -0.335 e. The second-order valence-corrected chi connectivity index (χ2v) is 6.90. The quantitative estimate of drug-likeness (QED) is 0.513. The lowest BCUT2D eigenvalue weighted by Gasteiger charge is -2.05. The molecule has 0 spiro atoms. The maximum absolute atomic E-state index is 12.6. The van der Waals surface area contributed by atoms with Gasteiger partial charge in [-0.05, 0) is 19.1 Å². The van der Waals surface area contributed by atoms with Crippen LogP contribution in [0.4, 0.5) is 24.0 Å². The zero-order valence-corrected chi connectivity index (χ0v) is 14.5. The highest BCUT2D eigenvalue weighted by molar-refractivity contribution is 7.98. The van der Waals surface area contributed by atoms with E-state index >= 15 is 0 Å². The van der Waals surface area contributed by atoms with Gasteiger partial charge in [-0.15, -0.1) is 21.5 Å². The average Bonchev–Trinajstić information content (AvgIpc) is 3.14. The van der Waals surface area contributed by atoms with Gasteiger partial charge in [0, 0.05) is 16.8 Å². The van der Waals surface area contributed by atoms with Crippen molar-refractivity contribution < 1.29 is 13.2 Å². The third kappa shape index (κ3) is 4.23. The van der Waals surface area contributed by atoms with Crippen molar-refractivity contribution in [3.05, 3.63) is 46.7 Å². The Balaban J connectivity index is 1.62. The van der Waals surface area contributed by atoms with Gasteiger partial charge in [-0.25, -0.2) is 9.66 Å². The molecule has 0 radical (unpaired) electrons. The van der Waals surface area contributed by atoms with Crippen LogP contribution in [-0.4, -0.2) is 19.9 Å². The second kappa shape index (κ2) is 6.92. The third-order valence-electron chi connectivity index (χ3n) is 3.12. The predicted octanol–water partition coefficient (Wildman–Crippen LogP) is 3.81. The molecule has 3 N–H and O–H groups in total. The van der Waals surface area contributed by atoms with E-state index in [9.17, 15) is 13.2 Å². The summed E-state index contributed by atoms with van der Waals surface area (Å²) in [6.07, 6.45) is -4.63. The highest BCUT2D eigenvalue weighted by Gasteiger charge is 2.38.